The molecule has 1 aliphatic rings. The number of nitrogen functional groups attached to an aromatic ring is 1. The number of halogens is 3. The Morgan fingerprint density at radius 2 is 1.88 bits per heavy atom. The van der Waals surface area contributed by atoms with Crippen LogP contribution in [0.5, 0.6) is 0 Å². The number of nitrogens with two attached hydrogens (primary N) is 1. The quantitative estimate of drug-likeness (QED) is 0.333. The molecular weight excluding hydrogens is 563 g/mol. The van der Waals surface area contributed by atoms with Gasteiger partial charge in [-0.15, -0.1) is 0 Å². The summed E-state index contributed by atoms with van der Waals surface area (Å²) in [6.07, 6.45) is -2.54. The highest BCUT2D eigenvalue weighted by Crippen LogP contribution is 2.31. The number of carbonyl (C=O) groups is 1. The molecule has 11 nitrogen and oxygen atoms in total. The minimum absolute atomic E-state index is 0.0624. The number of carbonyl (C=O) groups excluding carboxylic acids is 1. The van der Waals surface area contributed by atoms with Crippen molar-refractivity contribution < 1.29 is 30.9 Å². The van der Waals surface area contributed by atoms with E-state index in [0.29, 0.717) is 36.9 Å². The maximum Gasteiger partial charge on any atom is 0.435 e. The standard InChI is InChI=1S/C26H28F3N7O4S/c1-34(41(2,38)39)15-16-5-3-4-6-20(16)35-11-9-17(10-12-35)31-25(37)21-14-23(26(27,28)29)32-36(21)18-7-8-22-19(13-18)24(30)33-40-22/h3-8,13-14,17H,9-12,15H2,1-2H3,(H2,30,33)(H,31,37). The number of fused-ring (bicyclic) bond motifs is 1. The molecule has 4 aromatic rings. The predicted molar refractivity (Wildman–Crippen MR) is 146 cm³/mol. The van der Waals surface area contributed by atoms with Gasteiger partial charge in [0.1, 0.15) is 5.69 Å². The number of sulfonamides is 1. The van der Waals surface area contributed by atoms with Crippen LogP contribution < -0.4 is 16.0 Å². The van der Waals surface area contributed by atoms with E-state index in [1.54, 1.807) is 0 Å². The van der Waals surface area contributed by atoms with E-state index in [-0.39, 0.29) is 29.8 Å². The van der Waals surface area contributed by atoms with Crippen LogP contribution in [0.3, 0.4) is 0 Å². The summed E-state index contributed by atoms with van der Waals surface area (Å²) in [6.45, 7) is 1.33. The summed E-state index contributed by atoms with van der Waals surface area (Å²) in [5.41, 5.74) is 6.59. The fourth-order valence-corrected chi connectivity index (χ4v) is 5.16. The van der Waals surface area contributed by atoms with E-state index in [9.17, 15) is 26.4 Å². The Morgan fingerprint density at radius 1 is 1.17 bits per heavy atom. The number of rotatable bonds is 7. The zero-order valence-corrected chi connectivity index (χ0v) is 23.0. The van der Waals surface area contributed by atoms with Gasteiger partial charge in [0.15, 0.2) is 17.1 Å². The van der Waals surface area contributed by atoms with Gasteiger partial charge in [-0.05, 0) is 42.7 Å². The lowest BCUT2D eigenvalue weighted by Crippen LogP contribution is -2.45. The normalized spacial score (nSPS) is 15.1. The van der Waals surface area contributed by atoms with Crippen LogP contribution in [0.25, 0.3) is 16.7 Å². The molecule has 15 heteroatoms. The van der Waals surface area contributed by atoms with Crippen LogP contribution >= 0.6 is 0 Å². The molecule has 1 saturated heterocycles. The largest absolute Gasteiger partial charge is 0.435 e. The highest BCUT2D eigenvalue weighted by atomic mass is 32.2. The molecule has 5 rings (SSSR count). The summed E-state index contributed by atoms with van der Waals surface area (Å²) in [5.74, 6) is -0.632. The maximum atomic E-state index is 13.6. The monoisotopic (exact) mass is 591 g/mol. The Hall–Kier alpha value is -4.11. The first-order valence-corrected chi connectivity index (χ1v) is 14.5. The van der Waals surface area contributed by atoms with Crippen LogP contribution in [0.4, 0.5) is 24.7 Å². The molecule has 1 aliphatic heterocycles. The first-order chi connectivity index (χ1) is 19.3. The van der Waals surface area contributed by atoms with Gasteiger partial charge >= 0.3 is 6.18 Å². The molecule has 0 atom stereocenters. The van der Waals surface area contributed by atoms with E-state index < -0.39 is 27.8 Å². The Kier molecular flexibility index (Phi) is 7.42. The summed E-state index contributed by atoms with van der Waals surface area (Å²) in [5, 5.41) is 10.6. The second-order valence-corrected chi connectivity index (χ2v) is 12.0. The Morgan fingerprint density at radius 3 is 2.56 bits per heavy atom. The fraction of sp³-hybridized carbons (Fsp3) is 0.346. The van der Waals surface area contributed by atoms with Crippen LogP contribution in [0.15, 0.2) is 53.1 Å². The third-order valence-corrected chi connectivity index (χ3v) is 8.34. The minimum Gasteiger partial charge on any atom is -0.380 e. The number of hydrogen-bond acceptors (Lipinski definition) is 8. The lowest BCUT2D eigenvalue weighted by molar-refractivity contribution is -0.141. The van der Waals surface area contributed by atoms with Crippen molar-refractivity contribution in [1.82, 2.24) is 24.6 Å². The Bertz CT molecular complexity index is 1690. The average Bonchev–Trinajstić information content (AvgIpc) is 3.53. The van der Waals surface area contributed by atoms with E-state index in [1.807, 2.05) is 24.3 Å². The van der Waals surface area contributed by atoms with Crippen molar-refractivity contribution in [3.05, 3.63) is 65.5 Å². The number of anilines is 2. The molecule has 0 aliphatic carbocycles. The molecule has 0 saturated carbocycles. The molecule has 1 amide bonds. The Labute approximate surface area is 233 Å². The second-order valence-electron chi connectivity index (χ2n) is 9.96. The van der Waals surface area contributed by atoms with Gasteiger partial charge in [0.25, 0.3) is 5.91 Å². The molecule has 1 fully saturated rings. The van der Waals surface area contributed by atoms with Crippen LogP contribution in [0.1, 0.15) is 34.6 Å². The van der Waals surface area contributed by atoms with Crippen molar-refractivity contribution in [1.29, 1.82) is 0 Å². The molecule has 218 valence electrons. The van der Waals surface area contributed by atoms with Gasteiger partial charge < -0.3 is 20.5 Å². The van der Waals surface area contributed by atoms with Gasteiger partial charge in [0, 0.05) is 44.5 Å². The number of aromatic nitrogens is 3. The number of piperidine rings is 1. The molecule has 0 bridgehead atoms. The SMILES string of the molecule is CN(Cc1ccccc1N1CCC(NC(=O)c2cc(C(F)(F)F)nn2-c2ccc3onc(N)c3c2)CC1)S(C)(=O)=O. The molecule has 3 heterocycles. The molecule has 0 radical (unpaired) electrons. The van der Waals surface area contributed by atoms with Gasteiger partial charge in [-0.3, -0.25) is 4.79 Å². The second kappa shape index (κ2) is 10.7. The number of nitrogens with zero attached hydrogens (tertiary/aromatic N) is 5. The topological polar surface area (TPSA) is 140 Å². The molecule has 0 spiro atoms. The number of hydrogen-bond donors (Lipinski definition) is 2. The number of para-hydroxylation sites is 1. The number of amides is 1. The summed E-state index contributed by atoms with van der Waals surface area (Å²) in [7, 11) is -1.85. The molecule has 0 unspecified atom stereocenters. The molecule has 2 aromatic heterocycles. The van der Waals surface area contributed by atoms with Crippen molar-refractivity contribution >= 4 is 38.4 Å². The average molecular weight is 592 g/mol. The lowest BCUT2D eigenvalue weighted by atomic mass is 10.0. The van der Waals surface area contributed by atoms with Gasteiger partial charge in [-0.25, -0.2) is 17.4 Å². The van der Waals surface area contributed by atoms with Gasteiger partial charge in [-0.1, -0.05) is 23.4 Å². The van der Waals surface area contributed by atoms with Crippen molar-refractivity contribution in [2.24, 2.45) is 0 Å². The van der Waals surface area contributed by atoms with Crippen LogP contribution in [-0.4, -0.2) is 66.0 Å². The van der Waals surface area contributed by atoms with E-state index >= 15 is 0 Å². The molecule has 3 N–H and O–H groups in total. The molecular formula is C26H28F3N7O4S. The molecule has 41 heavy (non-hydrogen) atoms. The van der Waals surface area contributed by atoms with Crippen LogP contribution in [0.2, 0.25) is 0 Å². The summed E-state index contributed by atoms with van der Waals surface area (Å²) in [4.78, 5) is 15.4. The maximum absolute atomic E-state index is 13.6. The highest BCUT2D eigenvalue weighted by Gasteiger charge is 2.36. The number of benzene rings is 2. The van der Waals surface area contributed by atoms with Gasteiger partial charge in [0.05, 0.1) is 17.3 Å². The van der Waals surface area contributed by atoms with Crippen molar-refractivity contribution in [2.45, 2.75) is 31.6 Å². The highest BCUT2D eigenvalue weighted by molar-refractivity contribution is 7.88. The third kappa shape index (κ3) is 6.00. The zero-order chi connectivity index (χ0) is 29.5. The van der Waals surface area contributed by atoms with Crippen molar-refractivity contribution in [3.8, 4) is 5.69 Å². The first-order valence-electron chi connectivity index (χ1n) is 12.7. The lowest BCUT2D eigenvalue weighted by Gasteiger charge is -2.35. The summed E-state index contributed by atoms with van der Waals surface area (Å²) < 4.78 is 71.8. The van der Waals surface area contributed by atoms with E-state index in [1.165, 1.54) is 29.6 Å². The smallest absolute Gasteiger partial charge is 0.380 e. The number of nitrogens with one attached hydrogen (secondary N) is 1. The minimum atomic E-state index is -4.76. The van der Waals surface area contributed by atoms with E-state index in [0.717, 1.165) is 28.3 Å². The van der Waals surface area contributed by atoms with Crippen molar-refractivity contribution in [2.75, 3.05) is 37.0 Å². The fourth-order valence-electron chi connectivity index (χ4n) is 4.79. The first kappa shape index (κ1) is 28.4. The van der Waals surface area contributed by atoms with Crippen molar-refractivity contribution in [3.63, 3.8) is 0 Å². The number of alkyl halides is 3. The van der Waals surface area contributed by atoms with E-state index in [4.69, 9.17) is 10.3 Å². The molecule has 2 aromatic carbocycles. The predicted octanol–water partition coefficient (Wildman–Crippen LogP) is 3.40. The summed E-state index contributed by atoms with van der Waals surface area (Å²) in [6, 6.07) is 12.4. The van der Waals surface area contributed by atoms with Crippen LogP contribution in [-0.2, 0) is 22.7 Å². The van der Waals surface area contributed by atoms with Crippen LogP contribution in [0, 0.1) is 0 Å². The summed E-state index contributed by atoms with van der Waals surface area (Å²) >= 11 is 0. The van der Waals surface area contributed by atoms with E-state index in [2.05, 4.69) is 20.5 Å². The Balaban J connectivity index is 1.32. The zero-order valence-electron chi connectivity index (χ0n) is 22.2. The van der Waals surface area contributed by atoms with Gasteiger partial charge in [0.2, 0.25) is 10.0 Å². The van der Waals surface area contributed by atoms with Gasteiger partial charge in [-0.2, -0.15) is 18.3 Å². The third-order valence-electron chi connectivity index (χ3n) is 7.08.